The van der Waals surface area contributed by atoms with Gasteiger partial charge in [-0.25, -0.2) is 0 Å². The van der Waals surface area contributed by atoms with Gasteiger partial charge in [0.1, 0.15) is 66.2 Å². The summed E-state index contributed by atoms with van der Waals surface area (Å²) in [5.41, 5.74) is 26.4. The number of aromatic nitrogens is 2. The molecule has 21 N–H and O–H groups in total. The molecule has 0 aliphatic carbocycles. The van der Waals surface area contributed by atoms with Gasteiger partial charge in [0.25, 0.3) is 0 Å². The minimum absolute atomic E-state index is 0.00264. The summed E-state index contributed by atoms with van der Waals surface area (Å²) in [7, 11) is 2.80. The van der Waals surface area contributed by atoms with Crippen molar-refractivity contribution in [3.8, 4) is 5.75 Å². The highest BCUT2D eigenvalue weighted by Crippen LogP contribution is 2.32. The number of primary amides is 2. The van der Waals surface area contributed by atoms with Crippen LogP contribution in [0.2, 0.25) is 0 Å². The Labute approximate surface area is 749 Å². The van der Waals surface area contributed by atoms with Gasteiger partial charge in [-0.05, 0) is 119 Å². The van der Waals surface area contributed by atoms with Crippen LogP contribution in [0.15, 0.2) is 85.2 Å². The molecule has 15 atom stereocenters. The Morgan fingerprint density at radius 2 is 1.08 bits per heavy atom. The fourth-order valence-corrected chi connectivity index (χ4v) is 17.9. The smallest absolute Gasteiger partial charge is 0.303 e. The predicted molar refractivity (Wildman–Crippen MR) is 472 cm³/mol. The Hall–Kier alpha value is -12.4. The maximum absolute atomic E-state index is 15.8. The average Bonchev–Trinajstić information content (AvgIpc) is 1.52. The zero-order chi connectivity index (χ0) is 94.0. The van der Waals surface area contributed by atoms with E-state index in [1.54, 1.807) is 48.8 Å². The number of para-hydroxylation sites is 2. The summed E-state index contributed by atoms with van der Waals surface area (Å²) in [6.07, 6.45) is -0.282. The first-order valence-corrected chi connectivity index (χ1v) is 44.9. The maximum Gasteiger partial charge on any atom is 0.303 e. The average molecular weight is 1810 g/mol. The second-order valence-electron chi connectivity index (χ2n) is 33.5. The van der Waals surface area contributed by atoms with Crippen LogP contribution in [0.1, 0.15) is 147 Å². The number of aliphatic hydroxyl groups is 1. The molecule has 2 aromatic heterocycles. The number of rotatable bonds is 23. The fraction of sp³-hybridized carbons (Fsp3) is 0.545. The number of hydrogen-bond acceptors (Lipinski definition) is 23. The third-order valence-electron chi connectivity index (χ3n) is 24.0. The van der Waals surface area contributed by atoms with E-state index in [-0.39, 0.29) is 95.3 Å². The number of carboxylic acid groups (broad SMARTS) is 1. The fourth-order valence-electron chi connectivity index (χ4n) is 17.0. The summed E-state index contributed by atoms with van der Waals surface area (Å²) in [5.74, 6) is -20.1. The number of Topliss-reactive ketones (excluding diaryl/α,β-unsaturated/α-hetero) is 2. The Morgan fingerprint density at radius 3 is 1.65 bits per heavy atom. The molecule has 5 aromatic rings. The minimum atomic E-state index is -1.79. The number of nitrogens with one attached hydrogen (secondary N) is 10. The molecule has 3 aromatic carbocycles. The lowest BCUT2D eigenvalue weighted by Gasteiger charge is -2.36. The maximum atomic E-state index is 15.8. The number of unbranched alkanes of at least 4 members (excludes halogenated alkanes) is 2. The zero-order valence-electron chi connectivity index (χ0n) is 73.2. The molecule has 700 valence electrons. The van der Waals surface area contributed by atoms with Gasteiger partial charge in [-0.1, -0.05) is 88.1 Å². The Balaban J connectivity index is 1.07. The van der Waals surface area contributed by atoms with Crippen molar-refractivity contribution in [1.82, 2.24) is 77.0 Å². The molecular formula is C88H121N19O21S. The second-order valence-corrected chi connectivity index (χ2v) is 34.5. The number of ketones is 2. The van der Waals surface area contributed by atoms with Crippen LogP contribution in [0, 0.1) is 11.8 Å². The van der Waals surface area contributed by atoms with Crippen LogP contribution in [0.3, 0.4) is 0 Å². The number of carbonyl (C=O) groups excluding carboxylic acids is 17. The van der Waals surface area contributed by atoms with Gasteiger partial charge >= 0.3 is 5.97 Å². The molecule has 4 aliphatic heterocycles. The lowest BCUT2D eigenvalue weighted by atomic mass is 9.88. The van der Waals surface area contributed by atoms with Crippen molar-refractivity contribution < 1.29 is 102 Å². The third kappa shape index (κ3) is 27.1. The van der Waals surface area contributed by atoms with E-state index in [1.165, 1.54) is 60.0 Å². The van der Waals surface area contributed by atoms with Crippen LogP contribution >= 0.6 is 11.8 Å². The number of carboxylic acids is 1. The van der Waals surface area contributed by atoms with E-state index in [4.69, 9.17) is 22.9 Å². The zero-order valence-corrected chi connectivity index (χ0v) is 74.0. The minimum Gasteiger partial charge on any atom is -0.508 e. The summed E-state index contributed by atoms with van der Waals surface area (Å²) in [6.45, 7) is 2.76. The topological polar surface area (TPSA) is 616 Å². The van der Waals surface area contributed by atoms with Crippen molar-refractivity contribution in [2.24, 2.45) is 34.8 Å². The molecule has 0 spiro atoms. The number of likely N-dealkylation sites (N-methyl/N-ethyl adjacent to an activating group) is 2. The second kappa shape index (κ2) is 47.6. The number of H-pyrrole nitrogens is 2. The van der Waals surface area contributed by atoms with Gasteiger partial charge in [0.05, 0.1) is 36.9 Å². The number of carbonyl (C=O) groups is 18. The number of aliphatic carboxylic acids is 1. The number of hydrogen-bond donors (Lipinski definition) is 17. The molecule has 0 bridgehead atoms. The lowest BCUT2D eigenvalue weighted by molar-refractivity contribution is -0.150. The van der Waals surface area contributed by atoms with Crippen LogP contribution in [-0.4, -0.2) is 299 Å². The highest BCUT2D eigenvalue weighted by Gasteiger charge is 2.47. The quantitative estimate of drug-likeness (QED) is 0.0347. The molecule has 40 nitrogen and oxygen atoms in total. The van der Waals surface area contributed by atoms with Crippen molar-refractivity contribution in [2.45, 2.75) is 228 Å². The Kier molecular flexibility index (Phi) is 37.1. The van der Waals surface area contributed by atoms with Crippen LogP contribution in [-0.2, 0) is 106 Å². The molecule has 0 saturated carbocycles. The first-order valence-electron chi connectivity index (χ1n) is 43.8. The van der Waals surface area contributed by atoms with Crippen molar-refractivity contribution in [3.63, 3.8) is 0 Å². The van der Waals surface area contributed by atoms with Crippen LogP contribution in [0.25, 0.3) is 21.8 Å². The third-order valence-corrected chi connectivity index (χ3v) is 25.1. The number of aliphatic hydroxyl groups excluding tert-OH is 1. The van der Waals surface area contributed by atoms with Crippen LogP contribution in [0.4, 0.5) is 0 Å². The standard InChI is InChI=1S/C88H121N19O21S/c1-6-8-20-66-81(121)96-48(3)77(117)102-65(79(119)95-44-74(92)113)46-129-47-75(114)97-62(34-49-24-26-54(108)27-25-49)86(126)105-32-14-22-67(105)82(122)100-63(40-73(91)112)87(127)106-33-15-23-68(106)83(123)101-64(41-90)80(120)99-61(28-29-76(115)116)85(125)107-45-55(109)39-70(107)72(111)37-50(35-52-42-93-58-18-12-10-16-56(52)58)78(118)98-60(30-31-89)71(110)38-51(36-53-43-94-59-19-13-11-17-57(53)59)84(124)104(5)69(21-9-7-2)88(128)103(66)4/h10-13,16-19,24-27,42-43,48,50-51,55,60-70,93-94,108-109H,6-9,14-15,20-23,28-41,44-47,89-90H2,1-5H3,(H2,91,112)(H2,92,113)(H,95,119)(H,96,121)(H,97,114)(H,98,118)(H,99,120)(H,100,122)(H,101,123)(H,102,117)(H,115,116)/t48-,50+,51+,55+,60-,61-,62-,63-,64-,65-,66-,67-,68-,69-,70-/m0/s1. The van der Waals surface area contributed by atoms with Crippen LogP contribution < -0.4 is 65.5 Å². The van der Waals surface area contributed by atoms with Crippen molar-refractivity contribution >= 4 is 140 Å². The first kappa shape index (κ1) is 100. The van der Waals surface area contributed by atoms with E-state index in [1.807, 2.05) is 26.0 Å². The van der Waals surface area contributed by atoms with Crippen molar-refractivity contribution in [2.75, 3.05) is 64.9 Å². The molecule has 4 saturated heterocycles. The summed E-state index contributed by atoms with van der Waals surface area (Å²) in [4.78, 5) is 272. The van der Waals surface area contributed by atoms with Crippen molar-refractivity contribution in [1.29, 1.82) is 0 Å². The normalized spacial score (nSPS) is 25.9. The number of amides is 15. The predicted octanol–water partition coefficient (Wildman–Crippen LogP) is -1.68. The summed E-state index contributed by atoms with van der Waals surface area (Å²) in [5, 5.41) is 53.6. The number of fused-ring (bicyclic) bond motifs is 5. The van der Waals surface area contributed by atoms with Crippen molar-refractivity contribution in [3.05, 3.63) is 102 Å². The van der Waals surface area contributed by atoms with Gasteiger partial charge in [0.2, 0.25) is 88.6 Å². The van der Waals surface area contributed by atoms with E-state index < -0.39 is 260 Å². The van der Waals surface area contributed by atoms with Gasteiger partial charge in [-0.3, -0.25) is 86.3 Å². The monoisotopic (exact) mass is 1810 g/mol. The van der Waals surface area contributed by atoms with E-state index in [2.05, 4.69) is 52.5 Å². The van der Waals surface area contributed by atoms with Gasteiger partial charge in [-0.2, -0.15) is 0 Å². The summed E-state index contributed by atoms with van der Waals surface area (Å²) < 4.78 is 0. The molecule has 15 amide bonds. The number of aromatic amines is 2. The first-order chi connectivity index (χ1) is 61.5. The van der Waals surface area contributed by atoms with E-state index >= 15 is 28.8 Å². The summed E-state index contributed by atoms with van der Waals surface area (Å²) in [6, 6.07) is 1.94. The molecule has 4 fully saturated rings. The van der Waals surface area contributed by atoms with E-state index in [9.17, 15) is 72.9 Å². The molecule has 129 heavy (non-hydrogen) atoms. The molecule has 6 heterocycles. The highest BCUT2D eigenvalue weighted by atomic mass is 32.2. The van der Waals surface area contributed by atoms with E-state index in [0.29, 0.717) is 64.2 Å². The highest BCUT2D eigenvalue weighted by molar-refractivity contribution is 8.00. The number of nitrogens with zero attached hydrogens (tertiary/aromatic N) is 5. The number of benzene rings is 3. The molecule has 4 aliphatic rings. The molecule has 0 radical (unpaired) electrons. The Bertz CT molecular complexity index is 4910. The Morgan fingerprint density at radius 1 is 0.535 bits per heavy atom. The van der Waals surface area contributed by atoms with Gasteiger partial charge in [0.15, 0.2) is 11.6 Å². The van der Waals surface area contributed by atoms with E-state index in [0.717, 1.165) is 21.6 Å². The van der Waals surface area contributed by atoms with Gasteiger partial charge < -0.3 is 115 Å². The molecular weight excluding hydrogens is 1690 g/mol. The number of phenols is 1. The lowest BCUT2D eigenvalue weighted by Crippen LogP contribution is -2.61. The number of aromatic hydroxyl groups is 1. The van der Waals surface area contributed by atoms with Gasteiger partial charge in [-0.15, -0.1) is 11.8 Å². The number of phenolic OH excluding ortho intramolecular Hbond substituents is 1. The van der Waals surface area contributed by atoms with Gasteiger partial charge in [0, 0.05) is 124 Å². The molecule has 9 rings (SSSR count). The summed E-state index contributed by atoms with van der Waals surface area (Å²) >= 11 is 0.796. The SMILES string of the molecule is CCCC[C@H]1C(=O)N(C)[C@@H](CCCC)C(=O)N[C@@H](C)C(=O)N[C@H](C(=O)NCC(N)=O)CSCC(=O)N[C@@H](Cc2ccc(O)cc2)C(=O)N2CCC[C@H]2C(=O)N[C@@H](CC(N)=O)C(=O)N2CCC[C@H]2C(=O)N[C@@H](CN)C(=O)N[C@@H](CCC(=O)O)C(=O)N2C[C@H](O)C[C@H]2C(=O)C[C@@H](Cc2c[nH]c3ccccc23)C(=O)N[C@@H](CCN)C(=O)C[C@@H](Cc2c[nH]c3ccccc23)C(=O)N1C. The molecule has 41 heteroatoms. The molecule has 0 unspecified atom stereocenters. The largest absolute Gasteiger partial charge is 0.508 e. The number of nitrogens with two attached hydrogens (primary N) is 4. The number of thioether (sulfide) groups is 1. The van der Waals surface area contributed by atoms with Crippen LogP contribution in [0.5, 0.6) is 5.75 Å².